The van der Waals surface area contributed by atoms with Crippen LogP contribution < -0.4 is 0 Å². The van der Waals surface area contributed by atoms with Gasteiger partial charge in [-0.3, -0.25) is 4.90 Å². The number of halogens is 1. The number of unbranched alkanes of at least 4 members (excludes halogenated alkanes) is 1. The number of thiazole rings is 1. The van der Waals surface area contributed by atoms with Crippen LogP contribution in [0.25, 0.3) is 0 Å². The highest BCUT2D eigenvalue weighted by Gasteiger charge is 2.29. The van der Waals surface area contributed by atoms with Crippen LogP contribution >= 0.6 is 22.9 Å². The van der Waals surface area contributed by atoms with Crippen LogP contribution in [0.2, 0.25) is 0 Å². The molecule has 1 saturated heterocycles. The van der Waals surface area contributed by atoms with Crippen molar-refractivity contribution in [2.24, 2.45) is 0 Å². The zero-order chi connectivity index (χ0) is 13.7. The van der Waals surface area contributed by atoms with Crippen LogP contribution in [0.5, 0.6) is 0 Å². The minimum atomic E-state index is 0.186. The van der Waals surface area contributed by atoms with E-state index in [-0.39, 0.29) is 5.54 Å². The van der Waals surface area contributed by atoms with Crippen LogP contribution in [-0.2, 0) is 17.0 Å². The van der Waals surface area contributed by atoms with Gasteiger partial charge < -0.3 is 4.74 Å². The number of hydrogen-bond acceptors (Lipinski definition) is 4. The van der Waals surface area contributed by atoms with Gasteiger partial charge in [-0.05, 0) is 39.7 Å². The molecule has 0 amide bonds. The Morgan fingerprint density at radius 1 is 1.47 bits per heavy atom. The first-order valence-corrected chi connectivity index (χ1v) is 8.35. The summed E-state index contributed by atoms with van der Waals surface area (Å²) >= 11 is 7.49. The molecule has 5 heteroatoms. The molecule has 0 spiro atoms. The van der Waals surface area contributed by atoms with E-state index in [1.807, 2.05) is 0 Å². The molecular weight excluding hydrogens is 280 g/mol. The van der Waals surface area contributed by atoms with E-state index in [0.29, 0.717) is 5.88 Å². The molecule has 3 nitrogen and oxygen atoms in total. The molecule has 0 N–H and O–H groups in total. The van der Waals surface area contributed by atoms with E-state index < -0.39 is 0 Å². The van der Waals surface area contributed by atoms with Gasteiger partial charge in [0.05, 0.1) is 29.8 Å². The Hall–Kier alpha value is -0.160. The Morgan fingerprint density at radius 2 is 2.32 bits per heavy atom. The fourth-order valence-corrected chi connectivity index (χ4v) is 3.48. The lowest BCUT2D eigenvalue weighted by atomic mass is 10.0. The van der Waals surface area contributed by atoms with Crippen molar-refractivity contribution in [3.63, 3.8) is 0 Å². The molecular formula is C14H23ClN2OS. The molecule has 0 saturated carbocycles. The second-order valence-electron chi connectivity index (χ2n) is 5.68. The largest absolute Gasteiger partial charge is 0.378 e. The molecule has 1 aliphatic heterocycles. The summed E-state index contributed by atoms with van der Waals surface area (Å²) in [5.74, 6) is 0.526. The summed E-state index contributed by atoms with van der Waals surface area (Å²) in [4.78, 5) is 7.04. The minimum absolute atomic E-state index is 0.186. The molecule has 19 heavy (non-hydrogen) atoms. The highest BCUT2D eigenvalue weighted by Crippen LogP contribution is 2.20. The molecule has 1 aromatic heterocycles. The highest BCUT2D eigenvalue weighted by molar-refractivity contribution is 7.09. The Morgan fingerprint density at radius 3 is 3.00 bits per heavy atom. The van der Waals surface area contributed by atoms with Gasteiger partial charge in [0.2, 0.25) is 0 Å². The van der Waals surface area contributed by atoms with Crippen LogP contribution in [0.1, 0.15) is 37.4 Å². The van der Waals surface area contributed by atoms with Crippen molar-refractivity contribution in [2.75, 3.05) is 26.3 Å². The zero-order valence-corrected chi connectivity index (χ0v) is 13.4. The number of aryl methyl sites for hydroxylation is 1. The standard InChI is InChI=1S/C14H23ClN2OS/c1-14(2)11-18-8-7-17(14)6-4-3-5-13-16-12(9-15)10-19-13/h10H,3-9,11H2,1-2H3. The van der Waals surface area contributed by atoms with Crippen molar-refractivity contribution in [2.45, 2.75) is 44.5 Å². The van der Waals surface area contributed by atoms with Crippen molar-refractivity contribution >= 4 is 22.9 Å². The molecule has 0 radical (unpaired) electrons. The third kappa shape index (κ3) is 4.42. The van der Waals surface area contributed by atoms with E-state index in [2.05, 4.69) is 29.1 Å². The first-order chi connectivity index (χ1) is 9.12. The second-order valence-corrected chi connectivity index (χ2v) is 6.89. The normalized spacial score (nSPS) is 19.7. The number of hydrogen-bond donors (Lipinski definition) is 0. The van der Waals surface area contributed by atoms with E-state index >= 15 is 0 Å². The second kappa shape index (κ2) is 7.02. The first kappa shape index (κ1) is 15.2. The molecule has 0 bridgehead atoms. The van der Waals surface area contributed by atoms with Crippen molar-refractivity contribution in [1.82, 2.24) is 9.88 Å². The smallest absolute Gasteiger partial charge is 0.0928 e. The number of ether oxygens (including phenoxy) is 1. The van der Waals surface area contributed by atoms with Gasteiger partial charge in [-0.2, -0.15) is 0 Å². The topological polar surface area (TPSA) is 25.4 Å². The van der Waals surface area contributed by atoms with Gasteiger partial charge in [0.25, 0.3) is 0 Å². The maximum atomic E-state index is 5.76. The molecule has 1 aromatic rings. The van der Waals surface area contributed by atoms with E-state index in [1.54, 1.807) is 11.3 Å². The van der Waals surface area contributed by atoms with Crippen LogP contribution in [0.4, 0.5) is 0 Å². The molecule has 0 aliphatic carbocycles. The summed E-state index contributed by atoms with van der Waals surface area (Å²) in [6, 6.07) is 0. The maximum absolute atomic E-state index is 5.76. The Balaban J connectivity index is 1.68. The maximum Gasteiger partial charge on any atom is 0.0928 e. The fraction of sp³-hybridized carbons (Fsp3) is 0.786. The van der Waals surface area contributed by atoms with Crippen LogP contribution in [-0.4, -0.2) is 41.7 Å². The summed E-state index contributed by atoms with van der Waals surface area (Å²) in [6.07, 6.45) is 3.49. The molecule has 0 atom stereocenters. The minimum Gasteiger partial charge on any atom is -0.378 e. The van der Waals surface area contributed by atoms with Gasteiger partial charge in [-0.25, -0.2) is 4.98 Å². The molecule has 0 unspecified atom stereocenters. The van der Waals surface area contributed by atoms with E-state index in [1.165, 1.54) is 17.8 Å². The summed E-state index contributed by atoms with van der Waals surface area (Å²) < 4.78 is 5.54. The quantitative estimate of drug-likeness (QED) is 0.595. The molecule has 0 aromatic carbocycles. The zero-order valence-electron chi connectivity index (χ0n) is 11.8. The van der Waals surface area contributed by atoms with Gasteiger partial charge in [0.1, 0.15) is 0 Å². The lowest BCUT2D eigenvalue weighted by Gasteiger charge is -2.42. The Kier molecular flexibility index (Phi) is 5.63. The third-order valence-electron chi connectivity index (χ3n) is 3.62. The highest BCUT2D eigenvalue weighted by atomic mass is 35.5. The van der Waals surface area contributed by atoms with Crippen molar-refractivity contribution in [3.8, 4) is 0 Å². The Bertz CT molecular complexity index is 395. The first-order valence-electron chi connectivity index (χ1n) is 6.94. The molecule has 2 heterocycles. The summed E-state index contributed by atoms with van der Waals surface area (Å²) in [5, 5.41) is 3.28. The van der Waals surface area contributed by atoms with E-state index in [4.69, 9.17) is 16.3 Å². The predicted octanol–water partition coefficient (Wildman–Crippen LogP) is 3.32. The lowest BCUT2D eigenvalue weighted by Crippen LogP contribution is -2.53. The lowest BCUT2D eigenvalue weighted by molar-refractivity contribution is -0.0512. The predicted molar refractivity (Wildman–Crippen MR) is 81.1 cm³/mol. The molecule has 1 fully saturated rings. The average molecular weight is 303 g/mol. The van der Waals surface area contributed by atoms with Gasteiger partial charge in [0.15, 0.2) is 0 Å². The van der Waals surface area contributed by atoms with Crippen molar-refractivity contribution in [1.29, 1.82) is 0 Å². The van der Waals surface area contributed by atoms with E-state index in [9.17, 15) is 0 Å². The van der Waals surface area contributed by atoms with Crippen LogP contribution in [0, 0.1) is 0 Å². The van der Waals surface area contributed by atoms with Crippen molar-refractivity contribution in [3.05, 3.63) is 16.1 Å². The molecule has 108 valence electrons. The fourth-order valence-electron chi connectivity index (χ4n) is 2.41. The van der Waals surface area contributed by atoms with Gasteiger partial charge in [-0.1, -0.05) is 0 Å². The number of rotatable bonds is 6. The SMILES string of the molecule is CC1(C)COCCN1CCCCc1nc(CCl)cs1. The van der Waals surface area contributed by atoms with Crippen LogP contribution in [0.3, 0.4) is 0 Å². The van der Waals surface area contributed by atoms with Crippen LogP contribution in [0.15, 0.2) is 5.38 Å². The summed E-state index contributed by atoms with van der Waals surface area (Å²) in [5.41, 5.74) is 1.20. The monoisotopic (exact) mass is 302 g/mol. The summed E-state index contributed by atoms with van der Waals surface area (Å²) in [7, 11) is 0. The number of nitrogens with zero attached hydrogens (tertiary/aromatic N) is 2. The van der Waals surface area contributed by atoms with Gasteiger partial charge in [0, 0.05) is 17.5 Å². The van der Waals surface area contributed by atoms with E-state index in [0.717, 1.165) is 38.4 Å². The third-order valence-corrected chi connectivity index (χ3v) is 4.85. The number of morpholine rings is 1. The van der Waals surface area contributed by atoms with Gasteiger partial charge >= 0.3 is 0 Å². The average Bonchev–Trinajstić information content (AvgIpc) is 2.84. The van der Waals surface area contributed by atoms with Gasteiger partial charge in [-0.15, -0.1) is 22.9 Å². The number of aromatic nitrogens is 1. The Labute approximate surface area is 124 Å². The molecule has 2 rings (SSSR count). The summed E-state index contributed by atoms with van der Waals surface area (Å²) in [6.45, 7) is 8.46. The molecule has 1 aliphatic rings. The number of alkyl halides is 1. The van der Waals surface area contributed by atoms with Crippen molar-refractivity contribution < 1.29 is 4.74 Å².